The highest BCUT2D eigenvalue weighted by Gasteiger charge is 2.13. The molecule has 1 aromatic heterocycles. The maximum atomic E-state index is 11.4. The Labute approximate surface area is 76.9 Å². The van der Waals surface area contributed by atoms with Crippen LogP contribution in [0.4, 0.5) is 0 Å². The maximum Gasteiger partial charge on any atom is 0.273 e. The molecule has 0 aliphatic heterocycles. The highest BCUT2D eigenvalue weighted by atomic mass is 16.2. The molecule has 0 aromatic carbocycles. The first-order valence-corrected chi connectivity index (χ1v) is 4.28. The van der Waals surface area contributed by atoms with Crippen molar-refractivity contribution in [3.05, 3.63) is 11.9 Å². The number of carbonyl (C=O) groups is 1. The zero-order valence-electron chi connectivity index (χ0n) is 8.03. The smallest absolute Gasteiger partial charge is 0.273 e. The Morgan fingerprint density at radius 2 is 2.23 bits per heavy atom. The van der Waals surface area contributed by atoms with Crippen molar-refractivity contribution in [2.75, 3.05) is 0 Å². The van der Waals surface area contributed by atoms with Gasteiger partial charge in [-0.2, -0.15) is 15.4 Å². The summed E-state index contributed by atoms with van der Waals surface area (Å²) < 4.78 is 0. The molecule has 2 N–H and O–H groups in total. The summed E-state index contributed by atoms with van der Waals surface area (Å²) in [6.45, 7) is 6.06. The molecule has 0 fully saturated rings. The Morgan fingerprint density at radius 1 is 1.54 bits per heavy atom. The molecule has 0 bridgehead atoms. The lowest BCUT2D eigenvalue weighted by Gasteiger charge is -2.16. The number of amides is 1. The molecule has 0 radical (unpaired) electrons. The fourth-order valence-corrected chi connectivity index (χ4v) is 0.758. The van der Waals surface area contributed by atoms with E-state index < -0.39 is 0 Å². The molecular formula is C8H14N4O. The third-order valence-electron chi connectivity index (χ3n) is 2.01. The normalized spacial score (nSPS) is 12.9. The second kappa shape index (κ2) is 4.02. The molecule has 0 aliphatic rings. The SMILES string of the molecule is CC(C)C(C)NC(=O)c1cn[nH]n1. The van der Waals surface area contributed by atoms with Crippen LogP contribution >= 0.6 is 0 Å². The Balaban J connectivity index is 2.52. The zero-order chi connectivity index (χ0) is 9.84. The number of rotatable bonds is 3. The van der Waals surface area contributed by atoms with E-state index in [1.54, 1.807) is 0 Å². The van der Waals surface area contributed by atoms with Crippen molar-refractivity contribution < 1.29 is 4.79 Å². The van der Waals surface area contributed by atoms with Crippen molar-refractivity contribution >= 4 is 5.91 Å². The molecule has 1 atom stereocenters. The van der Waals surface area contributed by atoms with E-state index in [1.165, 1.54) is 6.20 Å². The van der Waals surface area contributed by atoms with Crippen molar-refractivity contribution in [3.8, 4) is 0 Å². The minimum absolute atomic E-state index is 0.143. The van der Waals surface area contributed by atoms with Crippen molar-refractivity contribution in [3.63, 3.8) is 0 Å². The van der Waals surface area contributed by atoms with Gasteiger partial charge >= 0.3 is 0 Å². The van der Waals surface area contributed by atoms with E-state index in [1.807, 2.05) is 20.8 Å². The van der Waals surface area contributed by atoms with Gasteiger partial charge in [0.15, 0.2) is 5.69 Å². The van der Waals surface area contributed by atoms with Crippen LogP contribution in [0.3, 0.4) is 0 Å². The summed E-state index contributed by atoms with van der Waals surface area (Å²) in [6, 6.07) is 0.143. The number of aromatic amines is 1. The lowest BCUT2D eigenvalue weighted by atomic mass is 10.1. The van der Waals surface area contributed by atoms with Crippen LogP contribution in [0.25, 0.3) is 0 Å². The minimum Gasteiger partial charge on any atom is -0.348 e. The molecule has 0 saturated carbocycles. The van der Waals surface area contributed by atoms with Crippen LogP contribution in [0.2, 0.25) is 0 Å². The number of hydrogen-bond donors (Lipinski definition) is 2. The van der Waals surface area contributed by atoms with E-state index in [4.69, 9.17) is 0 Å². The summed E-state index contributed by atoms with van der Waals surface area (Å²) in [6.07, 6.45) is 1.41. The quantitative estimate of drug-likeness (QED) is 0.718. The van der Waals surface area contributed by atoms with Gasteiger partial charge in [0.1, 0.15) is 0 Å². The number of aromatic nitrogens is 3. The predicted octanol–water partition coefficient (Wildman–Crippen LogP) is 0.579. The number of hydrogen-bond acceptors (Lipinski definition) is 3. The predicted molar refractivity (Wildman–Crippen MR) is 48.1 cm³/mol. The maximum absolute atomic E-state index is 11.4. The van der Waals surface area contributed by atoms with Gasteiger partial charge in [-0.05, 0) is 12.8 Å². The molecule has 1 heterocycles. The molecule has 1 aromatic rings. The zero-order valence-corrected chi connectivity index (χ0v) is 8.03. The molecule has 1 amide bonds. The van der Waals surface area contributed by atoms with Gasteiger partial charge in [-0.3, -0.25) is 4.79 Å². The number of nitrogens with one attached hydrogen (secondary N) is 2. The molecule has 72 valence electrons. The molecule has 5 heteroatoms. The van der Waals surface area contributed by atoms with Gasteiger partial charge in [0.25, 0.3) is 5.91 Å². The van der Waals surface area contributed by atoms with E-state index in [2.05, 4.69) is 20.7 Å². The van der Waals surface area contributed by atoms with Crippen molar-refractivity contribution in [2.45, 2.75) is 26.8 Å². The monoisotopic (exact) mass is 182 g/mol. The summed E-state index contributed by atoms with van der Waals surface area (Å²) in [5.41, 5.74) is 0.326. The molecule has 0 aliphatic carbocycles. The summed E-state index contributed by atoms with van der Waals surface area (Å²) in [7, 11) is 0. The molecule has 0 spiro atoms. The van der Waals surface area contributed by atoms with Gasteiger partial charge in [-0.1, -0.05) is 13.8 Å². The van der Waals surface area contributed by atoms with E-state index in [0.29, 0.717) is 11.6 Å². The van der Waals surface area contributed by atoms with Gasteiger partial charge in [-0.25, -0.2) is 0 Å². The fourth-order valence-electron chi connectivity index (χ4n) is 0.758. The number of nitrogens with zero attached hydrogens (tertiary/aromatic N) is 2. The van der Waals surface area contributed by atoms with Gasteiger partial charge in [0.2, 0.25) is 0 Å². The van der Waals surface area contributed by atoms with Crippen LogP contribution in [-0.4, -0.2) is 27.4 Å². The van der Waals surface area contributed by atoms with Crippen LogP contribution in [0.15, 0.2) is 6.20 Å². The number of H-pyrrole nitrogens is 1. The van der Waals surface area contributed by atoms with Gasteiger partial charge < -0.3 is 5.32 Å². The molecular weight excluding hydrogens is 168 g/mol. The standard InChI is InChI=1S/C8H14N4O/c1-5(2)6(3)10-8(13)7-4-9-12-11-7/h4-6H,1-3H3,(H,10,13)(H,9,11,12). The van der Waals surface area contributed by atoms with E-state index in [-0.39, 0.29) is 11.9 Å². The Kier molecular flexibility index (Phi) is 3.00. The van der Waals surface area contributed by atoms with E-state index in [0.717, 1.165) is 0 Å². The highest BCUT2D eigenvalue weighted by molar-refractivity contribution is 5.91. The first-order valence-electron chi connectivity index (χ1n) is 4.28. The largest absolute Gasteiger partial charge is 0.348 e. The number of carbonyl (C=O) groups excluding carboxylic acids is 1. The average Bonchev–Trinajstić information content (AvgIpc) is 2.55. The second-order valence-electron chi connectivity index (χ2n) is 3.36. The van der Waals surface area contributed by atoms with E-state index in [9.17, 15) is 4.79 Å². The second-order valence-corrected chi connectivity index (χ2v) is 3.36. The summed E-state index contributed by atoms with van der Waals surface area (Å²) in [5.74, 6) is 0.228. The lowest BCUT2D eigenvalue weighted by molar-refractivity contribution is 0.0925. The Hall–Kier alpha value is -1.39. The first-order chi connectivity index (χ1) is 6.11. The highest BCUT2D eigenvalue weighted by Crippen LogP contribution is 2.00. The molecule has 1 rings (SSSR count). The van der Waals surface area contributed by atoms with Crippen molar-refractivity contribution in [2.24, 2.45) is 5.92 Å². The third kappa shape index (κ3) is 2.54. The van der Waals surface area contributed by atoms with Gasteiger partial charge in [-0.15, -0.1) is 0 Å². The van der Waals surface area contributed by atoms with Crippen molar-refractivity contribution in [1.82, 2.24) is 20.7 Å². The van der Waals surface area contributed by atoms with E-state index >= 15 is 0 Å². The summed E-state index contributed by atoms with van der Waals surface area (Å²) in [4.78, 5) is 11.4. The summed E-state index contributed by atoms with van der Waals surface area (Å²) >= 11 is 0. The van der Waals surface area contributed by atoms with Crippen LogP contribution < -0.4 is 5.32 Å². The Bertz CT molecular complexity index is 268. The average molecular weight is 182 g/mol. The van der Waals surface area contributed by atoms with Crippen LogP contribution in [-0.2, 0) is 0 Å². The van der Waals surface area contributed by atoms with Crippen LogP contribution in [0.1, 0.15) is 31.3 Å². The fraction of sp³-hybridized carbons (Fsp3) is 0.625. The molecule has 13 heavy (non-hydrogen) atoms. The Morgan fingerprint density at radius 3 is 2.69 bits per heavy atom. The summed E-state index contributed by atoms with van der Waals surface area (Å²) in [5, 5.41) is 12.5. The minimum atomic E-state index is -0.185. The first kappa shape index (κ1) is 9.70. The van der Waals surface area contributed by atoms with Gasteiger partial charge in [0, 0.05) is 6.04 Å². The van der Waals surface area contributed by atoms with Crippen LogP contribution in [0.5, 0.6) is 0 Å². The topological polar surface area (TPSA) is 70.7 Å². The molecule has 1 unspecified atom stereocenters. The van der Waals surface area contributed by atoms with Gasteiger partial charge in [0.05, 0.1) is 6.20 Å². The van der Waals surface area contributed by atoms with Crippen molar-refractivity contribution in [1.29, 1.82) is 0 Å². The van der Waals surface area contributed by atoms with Crippen LogP contribution in [0, 0.1) is 5.92 Å². The third-order valence-corrected chi connectivity index (χ3v) is 2.01. The molecule has 0 saturated heterocycles. The molecule has 5 nitrogen and oxygen atoms in total. The lowest BCUT2D eigenvalue weighted by Crippen LogP contribution is -2.36.